The summed E-state index contributed by atoms with van der Waals surface area (Å²) in [5.74, 6) is -0.375. The summed E-state index contributed by atoms with van der Waals surface area (Å²) in [4.78, 5) is 22.8. The van der Waals surface area contributed by atoms with E-state index in [1.807, 2.05) is 30.3 Å². The molecule has 0 spiro atoms. The van der Waals surface area contributed by atoms with Crippen LogP contribution < -0.4 is 5.32 Å². The quantitative estimate of drug-likeness (QED) is 0.311. The molecule has 0 aliphatic rings. The fourth-order valence-corrected chi connectivity index (χ4v) is 2.95. The van der Waals surface area contributed by atoms with E-state index in [4.69, 9.17) is 4.42 Å². The van der Waals surface area contributed by atoms with E-state index in [1.165, 1.54) is 18.2 Å². The molecule has 3 aromatic carbocycles. The number of hydrogen-bond acceptors (Lipinski definition) is 4. The molecule has 0 unspecified atom stereocenters. The first kappa shape index (κ1) is 16.5. The van der Waals surface area contributed by atoms with E-state index >= 15 is 0 Å². The smallest absolute Gasteiger partial charge is 0.276 e. The Kier molecular flexibility index (Phi) is 4.14. The Morgan fingerprint density at radius 3 is 2.56 bits per heavy atom. The molecule has 0 saturated carbocycles. The van der Waals surface area contributed by atoms with Crippen molar-refractivity contribution < 1.29 is 14.1 Å². The van der Waals surface area contributed by atoms with Crippen LogP contribution in [0, 0.1) is 10.1 Å². The van der Waals surface area contributed by atoms with Crippen LogP contribution in [0.5, 0.6) is 0 Å². The number of nitrogens with zero attached hydrogens (tertiary/aromatic N) is 1. The maximum atomic E-state index is 12.2. The number of nitrogens with one attached hydrogen (secondary N) is 1. The summed E-state index contributed by atoms with van der Waals surface area (Å²) >= 11 is 0. The van der Waals surface area contributed by atoms with Crippen LogP contribution in [0.15, 0.2) is 77.2 Å². The lowest BCUT2D eigenvalue weighted by Crippen LogP contribution is -2.07. The van der Waals surface area contributed by atoms with Crippen molar-refractivity contribution in [3.63, 3.8) is 0 Å². The molecule has 0 saturated heterocycles. The highest BCUT2D eigenvalue weighted by atomic mass is 16.6. The molecule has 132 valence electrons. The van der Waals surface area contributed by atoms with Crippen LogP contribution in [0.4, 0.5) is 11.4 Å². The Labute approximate surface area is 153 Å². The Morgan fingerprint density at radius 2 is 1.70 bits per heavy atom. The van der Waals surface area contributed by atoms with Gasteiger partial charge in [0.2, 0.25) is 5.91 Å². The number of fused-ring (bicyclic) bond motifs is 3. The Balaban J connectivity index is 1.58. The predicted molar refractivity (Wildman–Crippen MR) is 104 cm³/mol. The van der Waals surface area contributed by atoms with Gasteiger partial charge in [-0.05, 0) is 36.4 Å². The summed E-state index contributed by atoms with van der Waals surface area (Å²) in [6.07, 6.45) is 2.71. The van der Waals surface area contributed by atoms with Crippen molar-refractivity contribution >= 4 is 45.3 Å². The Bertz CT molecular complexity index is 1210. The summed E-state index contributed by atoms with van der Waals surface area (Å²) in [7, 11) is 0. The Morgan fingerprint density at radius 1 is 0.963 bits per heavy atom. The molecule has 0 aliphatic carbocycles. The van der Waals surface area contributed by atoms with Gasteiger partial charge in [0.25, 0.3) is 5.69 Å². The third kappa shape index (κ3) is 3.28. The molecular formula is C21H14N2O4. The molecule has 27 heavy (non-hydrogen) atoms. The standard InChI is InChI=1S/C21H14N2O4/c24-21(12-9-14-5-1-3-7-18(14)23(25)26)22-15-10-11-20-17(13-15)16-6-2-4-8-19(16)27-20/h1-13H,(H,22,24)/b12-9+. The van der Waals surface area contributed by atoms with Crippen molar-refractivity contribution in [3.8, 4) is 0 Å². The first-order valence-electron chi connectivity index (χ1n) is 8.25. The normalized spacial score (nSPS) is 11.3. The first-order chi connectivity index (χ1) is 13.1. The van der Waals surface area contributed by atoms with Crippen LogP contribution in [-0.4, -0.2) is 10.8 Å². The maximum Gasteiger partial charge on any atom is 0.276 e. The minimum atomic E-state index is -0.477. The maximum absolute atomic E-state index is 12.2. The minimum Gasteiger partial charge on any atom is -0.456 e. The average Bonchev–Trinajstić information content (AvgIpc) is 3.04. The summed E-state index contributed by atoms with van der Waals surface area (Å²) in [6, 6.07) is 19.3. The van der Waals surface area contributed by atoms with Gasteiger partial charge in [0.15, 0.2) is 0 Å². The van der Waals surface area contributed by atoms with Crippen molar-refractivity contribution in [1.29, 1.82) is 0 Å². The molecule has 0 aliphatic heterocycles. The van der Waals surface area contributed by atoms with Crippen LogP contribution in [0.2, 0.25) is 0 Å². The van der Waals surface area contributed by atoms with Gasteiger partial charge in [0.1, 0.15) is 11.2 Å². The summed E-state index contributed by atoms with van der Waals surface area (Å²) in [6.45, 7) is 0. The zero-order chi connectivity index (χ0) is 18.8. The topological polar surface area (TPSA) is 85.4 Å². The molecule has 1 heterocycles. The number of nitro groups is 1. The summed E-state index contributed by atoms with van der Waals surface area (Å²) in [5.41, 5.74) is 2.46. The molecule has 1 N–H and O–H groups in total. The van der Waals surface area contributed by atoms with Gasteiger partial charge in [-0.25, -0.2) is 0 Å². The van der Waals surface area contributed by atoms with Crippen LogP contribution in [-0.2, 0) is 4.79 Å². The van der Waals surface area contributed by atoms with Crippen molar-refractivity contribution in [1.82, 2.24) is 0 Å². The molecule has 6 heteroatoms. The number of hydrogen-bond donors (Lipinski definition) is 1. The number of carbonyl (C=O) groups is 1. The van der Waals surface area contributed by atoms with Crippen LogP contribution in [0.25, 0.3) is 28.0 Å². The predicted octanol–water partition coefficient (Wildman–Crippen LogP) is 5.15. The molecule has 0 fully saturated rings. The molecule has 0 bridgehead atoms. The molecule has 1 amide bonds. The number of carbonyl (C=O) groups excluding carboxylic acids is 1. The van der Waals surface area contributed by atoms with Crippen molar-refractivity contribution in [2.24, 2.45) is 0 Å². The van der Waals surface area contributed by atoms with E-state index in [-0.39, 0.29) is 11.6 Å². The molecule has 4 rings (SSSR count). The molecular weight excluding hydrogens is 344 g/mol. The number of rotatable bonds is 4. The molecule has 0 atom stereocenters. The zero-order valence-electron chi connectivity index (χ0n) is 14.1. The highest BCUT2D eigenvalue weighted by Gasteiger charge is 2.10. The zero-order valence-corrected chi connectivity index (χ0v) is 14.1. The number of furan rings is 1. The van der Waals surface area contributed by atoms with Gasteiger partial charge < -0.3 is 9.73 Å². The van der Waals surface area contributed by atoms with Gasteiger partial charge in [0.05, 0.1) is 10.5 Å². The number of anilines is 1. The highest BCUT2D eigenvalue weighted by molar-refractivity contribution is 6.08. The van der Waals surface area contributed by atoms with E-state index < -0.39 is 4.92 Å². The largest absolute Gasteiger partial charge is 0.456 e. The molecule has 1 aromatic heterocycles. The second kappa shape index (κ2) is 6.76. The van der Waals surface area contributed by atoms with Crippen LogP contribution >= 0.6 is 0 Å². The van der Waals surface area contributed by atoms with Crippen molar-refractivity contribution in [2.75, 3.05) is 5.32 Å². The van der Waals surface area contributed by atoms with E-state index in [1.54, 1.807) is 30.3 Å². The fourth-order valence-electron chi connectivity index (χ4n) is 2.95. The monoisotopic (exact) mass is 358 g/mol. The van der Waals surface area contributed by atoms with Gasteiger partial charge in [-0.3, -0.25) is 14.9 Å². The van der Waals surface area contributed by atoms with Crippen molar-refractivity contribution in [3.05, 3.63) is 88.5 Å². The van der Waals surface area contributed by atoms with Gasteiger partial charge in [-0.1, -0.05) is 30.3 Å². The van der Waals surface area contributed by atoms with Gasteiger partial charge >= 0.3 is 0 Å². The lowest BCUT2D eigenvalue weighted by atomic mass is 10.1. The van der Waals surface area contributed by atoms with Crippen LogP contribution in [0.1, 0.15) is 5.56 Å². The number of nitro benzene ring substituents is 1. The van der Waals surface area contributed by atoms with E-state index in [0.717, 1.165) is 21.9 Å². The molecule has 4 aromatic rings. The number of benzene rings is 3. The third-order valence-corrected chi connectivity index (χ3v) is 4.19. The van der Waals surface area contributed by atoms with E-state index in [0.29, 0.717) is 11.3 Å². The summed E-state index contributed by atoms with van der Waals surface area (Å²) < 4.78 is 5.76. The lowest BCUT2D eigenvalue weighted by Gasteiger charge is -2.02. The van der Waals surface area contributed by atoms with Crippen LogP contribution in [0.3, 0.4) is 0 Å². The average molecular weight is 358 g/mol. The van der Waals surface area contributed by atoms with Gasteiger partial charge in [-0.2, -0.15) is 0 Å². The molecule has 0 radical (unpaired) electrons. The highest BCUT2D eigenvalue weighted by Crippen LogP contribution is 2.30. The first-order valence-corrected chi connectivity index (χ1v) is 8.25. The summed E-state index contributed by atoms with van der Waals surface area (Å²) in [5, 5.41) is 15.7. The second-order valence-electron chi connectivity index (χ2n) is 5.95. The number of amides is 1. The number of para-hydroxylation sites is 2. The SMILES string of the molecule is O=C(/C=C/c1ccccc1[N+](=O)[O-])Nc1ccc2oc3ccccc3c2c1. The lowest BCUT2D eigenvalue weighted by molar-refractivity contribution is -0.385. The minimum absolute atomic E-state index is 0.0483. The van der Waals surface area contributed by atoms with Gasteiger partial charge in [0, 0.05) is 28.6 Å². The van der Waals surface area contributed by atoms with Crippen molar-refractivity contribution in [2.45, 2.75) is 0 Å². The molecule has 6 nitrogen and oxygen atoms in total. The second-order valence-corrected chi connectivity index (χ2v) is 5.95. The fraction of sp³-hybridized carbons (Fsp3) is 0. The van der Waals surface area contributed by atoms with Gasteiger partial charge in [-0.15, -0.1) is 0 Å². The third-order valence-electron chi connectivity index (χ3n) is 4.19. The Hall–Kier alpha value is -3.93. The van der Waals surface area contributed by atoms with E-state index in [2.05, 4.69) is 5.32 Å². The van der Waals surface area contributed by atoms with E-state index in [9.17, 15) is 14.9 Å².